The molecule has 7 atom stereocenters. The van der Waals surface area contributed by atoms with Gasteiger partial charge in [0.05, 0.1) is 18.6 Å². The van der Waals surface area contributed by atoms with Crippen LogP contribution in [0.15, 0.2) is 73.3 Å². The first kappa shape index (κ1) is 20.5. The number of nitrogens with zero attached hydrogens (tertiary/aromatic N) is 1. The van der Waals surface area contributed by atoms with Crippen LogP contribution < -0.4 is 10.1 Å². The van der Waals surface area contributed by atoms with E-state index in [1.54, 1.807) is 7.11 Å². The Morgan fingerprint density at radius 3 is 2.82 bits per heavy atom. The summed E-state index contributed by atoms with van der Waals surface area (Å²) in [6, 6.07) is 22.5. The number of anilines is 1. The van der Waals surface area contributed by atoms with Gasteiger partial charge in [0, 0.05) is 24.7 Å². The quantitative estimate of drug-likeness (QED) is 0.525. The molecular weight excluding hydrogens is 420 g/mol. The molecule has 34 heavy (non-hydrogen) atoms. The monoisotopic (exact) mass is 452 g/mol. The molecular formula is C30H32N2O2. The number of ether oxygens (including phenoxy) is 2. The first-order valence-corrected chi connectivity index (χ1v) is 12.7. The highest BCUT2D eigenvalue weighted by Gasteiger charge is 2.60. The van der Waals surface area contributed by atoms with Gasteiger partial charge in [0.15, 0.2) is 0 Å². The van der Waals surface area contributed by atoms with Crippen molar-refractivity contribution in [3.05, 3.63) is 84.4 Å². The van der Waals surface area contributed by atoms with Gasteiger partial charge in [-0.3, -0.25) is 4.90 Å². The molecule has 0 radical (unpaired) electrons. The molecule has 4 bridgehead atoms. The minimum absolute atomic E-state index is 0.0155. The number of hydrogen-bond acceptors (Lipinski definition) is 4. The Bertz CT molecular complexity index is 1270. The molecule has 0 spiro atoms. The third kappa shape index (κ3) is 2.79. The molecule has 0 saturated carbocycles. The Labute approximate surface area is 201 Å². The van der Waals surface area contributed by atoms with Gasteiger partial charge >= 0.3 is 0 Å². The second-order valence-corrected chi connectivity index (χ2v) is 10.5. The molecule has 0 aromatic heterocycles. The number of hydrogen-bond donors (Lipinski definition) is 1. The number of rotatable bonds is 4. The first-order valence-electron chi connectivity index (χ1n) is 12.7. The van der Waals surface area contributed by atoms with E-state index in [1.807, 2.05) is 0 Å². The van der Waals surface area contributed by atoms with Gasteiger partial charge in [-0.15, -0.1) is 6.58 Å². The summed E-state index contributed by atoms with van der Waals surface area (Å²) in [5.41, 5.74) is 3.64. The predicted molar refractivity (Wildman–Crippen MR) is 136 cm³/mol. The Hall–Kier alpha value is -2.82. The molecule has 0 amide bonds. The standard InChI is InChI=1S/C30H32N2O2/c1-3-19-18-32-14-13-21(19)15-27(32)29-30(24-10-6-8-20-7-4-5-9-23(20)24)17-28(34-29)31-26-12-11-22(33-2)16-25(26)30/h3-12,16,19,21,27-29,31H,1,13-15,17-18H2,2H3/t19-,21-,27+,28-,29-,30-/m0/s1. The van der Waals surface area contributed by atoms with Crippen LogP contribution in [0, 0.1) is 11.8 Å². The van der Waals surface area contributed by atoms with Crippen LogP contribution in [-0.4, -0.2) is 43.5 Å². The van der Waals surface area contributed by atoms with Gasteiger partial charge in [-0.25, -0.2) is 0 Å². The van der Waals surface area contributed by atoms with Gasteiger partial charge in [-0.1, -0.05) is 48.5 Å². The van der Waals surface area contributed by atoms with E-state index < -0.39 is 0 Å². The van der Waals surface area contributed by atoms with E-state index in [1.165, 1.54) is 40.4 Å². The third-order valence-electron chi connectivity index (χ3n) is 9.10. The van der Waals surface area contributed by atoms with Crippen molar-refractivity contribution in [2.24, 2.45) is 11.8 Å². The molecule has 4 heteroatoms. The number of piperidine rings is 3. The predicted octanol–water partition coefficient (Wildman–Crippen LogP) is 5.57. The maximum atomic E-state index is 6.99. The lowest BCUT2D eigenvalue weighted by Crippen LogP contribution is -2.60. The summed E-state index contributed by atoms with van der Waals surface area (Å²) < 4.78 is 12.7. The summed E-state index contributed by atoms with van der Waals surface area (Å²) in [5.74, 6) is 2.21. The molecule has 1 N–H and O–H groups in total. The smallest absolute Gasteiger partial charge is 0.129 e. The molecule has 8 rings (SSSR count). The zero-order valence-corrected chi connectivity index (χ0v) is 19.7. The molecule has 5 aliphatic heterocycles. The van der Waals surface area contributed by atoms with E-state index in [0.29, 0.717) is 17.9 Å². The largest absolute Gasteiger partial charge is 0.497 e. The van der Waals surface area contributed by atoms with Gasteiger partial charge < -0.3 is 14.8 Å². The van der Waals surface area contributed by atoms with Crippen LogP contribution in [0.1, 0.15) is 30.4 Å². The van der Waals surface area contributed by atoms with Crippen molar-refractivity contribution in [1.29, 1.82) is 0 Å². The van der Waals surface area contributed by atoms with Crippen LogP contribution in [0.5, 0.6) is 5.75 Å². The maximum absolute atomic E-state index is 6.99. The molecule has 3 aromatic rings. The van der Waals surface area contributed by atoms with Gasteiger partial charge in [-0.05, 0) is 71.3 Å². The van der Waals surface area contributed by atoms with E-state index in [4.69, 9.17) is 9.47 Å². The normalized spacial score (nSPS) is 35.6. The van der Waals surface area contributed by atoms with Crippen LogP contribution in [0.4, 0.5) is 5.69 Å². The van der Waals surface area contributed by atoms with Crippen LogP contribution in [0.2, 0.25) is 0 Å². The summed E-state index contributed by atoms with van der Waals surface area (Å²) in [7, 11) is 1.76. The minimum atomic E-state index is -0.230. The molecule has 1 unspecified atom stereocenters. The summed E-state index contributed by atoms with van der Waals surface area (Å²) in [6.07, 6.45) is 5.67. The first-order chi connectivity index (χ1) is 16.7. The Morgan fingerprint density at radius 2 is 2.00 bits per heavy atom. The number of nitrogens with one attached hydrogen (secondary N) is 1. The zero-order chi connectivity index (χ0) is 22.9. The van der Waals surface area contributed by atoms with Crippen molar-refractivity contribution in [3.63, 3.8) is 0 Å². The highest BCUT2D eigenvalue weighted by molar-refractivity contribution is 5.88. The lowest BCUT2D eigenvalue weighted by Gasteiger charge is -2.53. The van der Waals surface area contributed by atoms with Crippen molar-refractivity contribution >= 4 is 16.5 Å². The molecule has 4 fully saturated rings. The zero-order valence-electron chi connectivity index (χ0n) is 19.7. The average molecular weight is 453 g/mol. The SMILES string of the molecule is C=C[C@H]1CN2CC[C@H]1C[C@@H]2[C@@H]1O[C@H]2C[C@]1(c1cccc3ccccc13)c1cc(OC)ccc1N2. The van der Waals surface area contributed by atoms with Gasteiger partial charge in [0.1, 0.15) is 12.0 Å². The van der Waals surface area contributed by atoms with Crippen molar-refractivity contribution < 1.29 is 9.47 Å². The van der Waals surface area contributed by atoms with Gasteiger partial charge in [0.25, 0.3) is 0 Å². The second-order valence-electron chi connectivity index (χ2n) is 10.5. The van der Waals surface area contributed by atoms with E-state index in [-0.39, 0.29) is 17.7 Å². The summed E-state index contributed by atoms with van der Waals surface area (Å²) in [6.45, 7) is 6.41. The van der Waals surface area contributed by atoms with Gasteiger partial charge in [0.2, 0.25) is 0 Å². The Morgan fingerprint density at radius 1 is 1.12 bits per heavy atom. The topological polar surface area (TPSA) is 33.7 Å². The minimum Gasteiger partial charge on any atom is -0.497 e. The molecule has 174 valence electrons. The number of fused-ring (bicyclic) bond motifs is 8. The third-order valence-corrected chi connectivity index (χ3v) is 9.10. The van der Waals surface area contributed by atoms with E-state index in [2.05, 4.69) is 83.5 Å². The molecule has 0 aliphatic carbocycles. The molecule has 3 aromatic carbocycles. The molecule has 4 nitrogen and oxygen atoms in total. The van der Waals surface area contributed by atoms with E-state index >= 15 is 0 Å². The van der Waals surface area contributed by atoms with Crippen molar-refractivity contribution in [2.75, 3.05) is 25.5 Å². The van der Waals surface area contributed by atoms with Crippen LogP contribution in [0.25, 0.3) is 10.8 Å². The summed E-state index contributed by atoms with van der Waals surface area (Å²) in [5, 5.41) is 6.32. The van der Waals surface area contributed by atoms with Crippen LogP contribution in [0.3, 0.4) is 0 Å². The van der Waals surface area contributed by atoms with Crippen molar-refractivity contribution in [1.82, 2.24) is 4.90 Å². The van der Waals surface area contributed by atoms with E-state index in [0.717, 1.165) is 25.3 Å². The molecule has 5 aliphatic rings. The lowest BCUT2D eigenvalue weighted by molar-refractivity contribution is -0.0743. The van der Waals surface area contributed by atoms with Crippen LogP contribution in [-0.2, 0) is 10.2 Å². The summed E-state index contributed by atoms with van der Waals surface area (Å²) >= 11 is 0. The van der Waals surface area contributed by atoms with E-state index in [9.17, 15) is 0 Å². The van der Waals surface area contributed by atoms with Crippen molar-refractivity contribution in [3.8, 4) is 5.75 Å². The fraction of sp³-hybridized carbons (Fsp3) is 0.400. The maximum Gasteiger partial charge on any atom is 0.129 e. The highest BCUT2D eigenvalue weighted by Crippen LogP contribution is 2.57. The summed E-state index contributed by atoms with van der Waals surface area (Å²) in [4.78, 5) is 2.70. The van der Waals surface area contributed by atoms with Crippen molar-refractivity contribution in [2.45, 2.75) is 43.1 Å². The fourth-order valence-corrected chi connectivity index (χ4v) is 7.55. The fourth-order valence-electron chi connectivity index (χ4n) is 7.55. The number of methoxy groups -OCH3 is 1. The van der Waals surface area contributed by atoms with Gasteiger partial charge in [-0.2, -0.15) is 0 Å². The molecule has 5 heterocycles. The Balaban J connectivity index is 1.46. The highest BCUT2D eigenvalue weighted by atomic mass is 16.5. The van der Waals surface area contributed by atoms with Crippen LogP contribution >= 0.6 is 0 Å². The molecule has 4 saturated heterocycles. The number of benzene rings is 3. The average Bonchev–Trinajstić information content (AvgIpc) is 3.22. The Kier molecular flexibility index (Phi) is 4.59. The second kappa shape index (κ2) is 7.59. The lowest BCUT2D eigenvalue weighted by atomic mass is 9.62.